The van der Waals surface area contributed by atoms with Crippen LogP contribution in [0.3, 0.4) is 0 Å². The van der Waals surface area contributed by atoms with Crippen LogP contribution in [0.2, 0.25) is 5.02 Å². The minimum Gasteiger partial charge on any atom is -0.369 e. The number of nitrogens with zero attached hydrogens (tertiary/aromatic N) is 3. The van der Waals surface area contributed by atoms with E-state index in [2.05, 4.69) is 28.1 Å². The van der Waals surface area contributed by atoms with Gasteiger partial charge in [-0.3, -0.25) is 14.5 Å². The highest BCUT2D eigenvalue weighted by Crippen LogP contribution is 2.25. The third-order valence-electron chi connectivity index (χ3n) is 6.40. The number of aromatic nitrogens is 1. The first-order chi connectivity index (χ1) is 16.4. The van der Waals surface area contributed by atoms with E-state index in [0.717, 1.165) is 43.3 Å². The summed E-state index contributed by atoms with van der Waals surface area (Å²) in [6.07, 6.45) is 1.78. The topological polar surface area (TPSA) is 57.6 Å². The maximum atomic E-state index is 12.9. The molecule has 178 valence electrons. The molecule has 0 spiro atoms. The minimum atomic E-state index is -0.0942. The highest BCUT2D eigenvalue weighted by molar-refractivity contribution is 6.30. The first-order valence-electron chi connectivity index (χ1n) is 11.7. The number of hydrogen-bond donors (Lipinski definition) is 1. The summed E-state index contributed by atoms with van der Waals surface area (Å²) in [6.45, 7) is 9.28. The van der Waals surface area contributed by atoms with Crippen LogP contribution in [-0.4, -0.2) is 60.4 Å². The fourth-order valence-electron chi connectivity index (χ4n) is 4.42. The van der Waals surface area contributed by atoms with E-state index < -0.39 is 0 Å². The van der Waals surface area contributed by atoms with Gasteiger partial charge in [0.1, 0.15) is 6.54 Å². The quantitative estimate of drug-likeness (QED) is 0.498. The van der Waals surface area contributed by atoms with Crippen LogP contribution < -0.4 is 10.2 Å². The summed E-state index contributed by atoms with van der Waals surface area (Å²) in [5, 5.41) is 3.76. The van der Waals surface area contributed by atoms with Crippen molar-refractivity contribution in [1.82, 2.24) is 14.8 Å². The Morgan fingerprint density at radius 1 is 0.941 bits per heavy atom. The van der Waals surface area contributed by atoms with Crippen molar-refractivity contribution in [1.29, 1.82) is 0 Å². The minimum absolute atomic E-state index is 0.0660. The van der Waals surface area contributed by atoms with Crippen molar-refractivity contribution >= 4 is 29.0 Å². The van der Waals surface area contributed by atoms with Crippen LogP contribution in [0.1, 0.15) is 27.2 Å². The number of piperazine rings is 1. The van der Waals surface area contributed by atoms with Crippen LogP contribution >= 0.6 is 11.6 Å². The van der Waals surface area contributed by atoms with Crippen LogP contribution in [0.15, 0.2) is 60.8 Å². The van der Waals surface area contributed by atoms with E-state index in [9.17, 15) is 9.59 Å². The van der Waals surface area contributed by atoms with Crippen LogP contribution in [0.25, 0.3) is 0 Å². The fourth-order valence-corrected chi connectivity index (χ4v) is 4.59. The second kappa shape index (κ2) is 10.9. The fraction of sp³-hybridized carbons (Fsp3) is 0.333. The molecule has 0 atom stereocenters. The SMILES string of the molecule is Cc1ccccc1C(=O)c1cccn1CC(=O)NCCN1CCN(c2cc(Cl)ccc2C)CC1. The summed E-state index contributed by atoms with van der Waals surface area (Å²) in [7, 11) is 0. The summed E-state index contributed by atoms with van der Waals surface area (Å²) in [4.78, 5) is 30.2. The molecule has 0 unspecified atom stereocenters. The number of halogens is 1. The Labute approximate surface area is 206 Å². The highest BCUT2D eigenvalue weighted by Gasteiger charge is 2.19. The van der Waals surface area contributed by atoms with Crippen molar-refractivity contribution in [3.05, 3.63) is 88.2 Å². The number of benzene rings is 2. The van der Waals surface area contributed by atoms with E-state index in [-0.39, 0.29) is 18.2 Å². The Hall–Kier alpha value is -3.09. The molecule has 6 nitrogen and oxygen atoms in total. The van der Waals surface area contributed by atoms with Gasteiger partial charge in [-0.25, -0.2) is 0 Å². The molecule has 4 rings (SSSR count). The Bertz CT molecular complexity index is 1160. The van der Waals surface area contributed by atoms with E-state index in [4.69, 9.17) is 11.6 Å². The van der Waals surface area contributed by atoms with Gasteiger partial charge in [-0.1, -0.05) is 41.9 Å². The lowest BCUT2D eigenvalue weighted by atomic mass is 10.0. The second-order valence-corrected chi connectivity index (χ2v) is 9.21. The predicted octanol–water partition coefficient (Wildman–Crippen LogP) is 3.93. The van der Waals surface area contributed by atoms with Gasteiger partial charge in [0, 0.05) is 61.7 Å². The summed E-state index contributed by atoms with van der Waals surface area (Å²) >= 11 is 6.18. The van der Waals surface area contributed by atoms with Crippen molar-refractivity contribution in [2.75, 3.05) is 44.2 Å². The molecular formula is C27H31ClN4O2. The molecule has 7 heteroatoms. The first-order valence-corrected chi connectivity index (χ1v) is 12.1. The van der Waals surface area contributed by atoms with Crippen molar-refractivity contribution in [3.63, 3.8) is 0 Å². The maximum Gasteiger partial charge on any atom is 0.239 e. The number of aryl methyl sites for hydroxylation is 2. The van der Waals surface area contributed by atoms with E-state index in [0.29, 0.717) is 17.8 Å². The molecule has 2 heterocycles. The van der Waals surface area contributed by atoms with Crippen LogP contribution in [-0.2, 0) is 11.3 Å². The Morgan fingerprint density at radius 2 is 1.71 bits per heavy atom. The molecule has 1 saturated heterocycles. The number of carbonyl (C=O) groups is 2. The van der Waals surface area contributed by atoms with Crippen molar-refractivity contribution < 1.29 is 9.59 Å². The van der Waals surface area contributed by atoms with Crippen molar-refractivity contribution in [2.45, 2.75) is 20.4 Å². The molecule has 1 amide bonds. The van der Waals surface area contributed by atoms with Crippen molar-refractivity contribution in [2.24, 2.45) is 0 Å². The number of rotatable bonds is 8. The summed E-state index contributed by atoms with van der Waals surface area (Å²) in [5.41, 5.74) is 4.54. The average molecular weight is 479 g/mol. The molecule has 3 aromatic rings. The van der Waals surface area contributed by atoms with Gasteiger partial charge in [-0.2, -0.15) is 0 Å². The molecule has 1 aliphatic rings. The molecule has 1 aliphatic heterocycles. The van der Waals surface area contributed by atoms with Gasteiger partial charge < -0.3 is 14.8 Å². The molecule has 1 fully saturated rings. The van der Waals surface area contributed by atoms with Crippen LogP contribution in [0, 0.1) is 13.8 Å². The van der Waals surface area contributed by atoms with Gasteiger partial charge in [0.2, 0.25) is 11.7 Å². The van der Waals surface area contributed by atoms with Gasteiger partial charge in [-0.15, -0.1) is 0 Å². The zero-order valence-corrected chi connectivity index (χ0v) is 20.5. The molecule has 1 N–H and O–H groups in total. The third-order valence-corrected chi connectivity index (χ3v) is 6.64. The van der Waals surface area contributed by atoms with Gasteiger partial charge in [-0.05, 0) is 49.2 Å². The lowest BCUT2D eigenvalue weighted by Crippen LogP contribution is -2.48. The highest BCUT2D eigenvalue weighted by atomic mass is 35.5. The Kier molecular flexibility index (Phi) is 7.70. The van der Waals surface area contributed by atoms with Crippen molar-refractivity contribution in [3.8, 4) is 0 Å². The molecule has 1 aromatic heterocycles. The smallest absolute Gasteiger partial charge is 0.239 e. The van der Waals surface area contributed by atoms with Crippen LogP contribution in [0.4, 0.5) is 5.69 Å². The number of hydrogen-bond acceptors (Lipinski definition) is 4. The summed E-state index contributed by atoms with van der Waals surface area (Å²) in [5.74, 6) is -0.160. The molecular weight excluding hydrogens is 448 g/mol. The molecule has 0 saturated carbocycles. The lowest BCUT2D eigenvalue weighted by Gasteiger charge is -2.36. The first kappa shape index (κ1) is 24.0. The normalized spacial score (nSPS) is 14.3. The number of carbonyl (C=O) groups excluding carboxylic acids is 2. The Morgan fingerprint density at radius 3 is 2.47 bits per heavy atom. The molecule has 2 aromatic carbocycles. The maximum absolute atomic E-state index is 12.9. The number of amides is 1. The largest absolute Gasteiger partial charge is 0.369 e. The molecule has 0 bridgehead atoms. The molecule has 0 radical (unpaired) electrons. The monoisotopic (exact) mass is 478 g/mol. The zero-order chi connectivity index (χ0) is 24.1. The predicted molar refractivity (Wildman–Crippen MR) is 137 cm³/mol. The second-order valence-electron chi connectivity index (χ2n) is 8.77. The Balaban J connectivity index is 1.24. The summed E-state index contributed by atoms with van der Waals surface area (Å²) < 4.78 is 1.72. The van der Waals surface area contributed by atoms with Crippen LogP contribution in [0.5, 0.6) is 0 Å². The number of nitrogens with one attached hydrogen (secondary N) is 1. The average Bonchev–Trinajstić information content (AvgIpc) is 3.29. The van der Waals surface area contributed by atoms with E-state index in [1.54, 1.807) is 22.9 Å². The van der Waals surface area contributed by atoms with Gasteiger partial charge in [0.25, 0.3) is 0 Å². The van der Waals surface area contributed by atoms with Gasteiger partial charge in [0.15, 0.2) is 0 Å². The summed E-state index contributed by atoms with van der Waals surface area (Å²) in [6, 6.07) is 17.1. The zero-order valence-electron chi connectivity index (χ0n) is 19.8. The number of ketones is 1. The van der Waals surface area contributed by atoms with Gasteiger partial charge in [0.05, 0.1) is 5.69 Å². The van der Waals surface area contributed by atoms with E-state index >= 15 is 0 Å². The molecule has 34 heavy (non-hydrogen) atoms. The number of anilines is 1. The van der Waals surface area contributed by atoms with E-state index in [1.165, 1.54) is 11.3 Å². The standard InChI is InChI=1S/C27H31ClN4O2/c1-20-6-3-4-7-23(20)27(34)24-8-5-12-32(24)19-26(33)29-11-13-30-14-16-31(17-15-30)25-18-22(28)10-9-21(25)2/h3-10,12,18H,11,13-17,19H2,1-2H3,(H,29,33). The third kappa shape index (κ3) is 5.69. The van der Waals surface area contributed by atoms with E-state index in [1.807, 2.05) is 43.3 Å². The molecule has 0 aliphatic carbocycles. The van der Waals surface area contributed by atoms with Gasteiger partial charge >= 0.3 is 0 Å². The lowest BCUT2D eigenvalue weighted by molar-refractivity contribution is -0.121.